The highest BCUT2D eigenvalue weighted by molar-refractivity contribution is 6.31. The van der Waals surface area contributed by atoms with E-state index in [1.807, 2.05) is 0 Å². The highest BCUT2D eigenvalue weighted by Gasteiger charge is 2.31. The van der Waals surface area contributed by atoms with E-state index in [4.69, 9.17) is 22.1 Å². The van der Waals surface area contributed by atoms with Crippen molar-refractivity contribution in [1.29, 1.82) is 0 Å². The molecule has 3 nitrogen and oxygen atoms in total. The Balaban J connectivity index is 2.31. The van der Waals surface area contributed by atoms with Crippen molar-refractivity contribution in [3.63, 3.8) is 0 Å². The van der Waals surface area contributed by atoms with Crippen LogP contribution < -0.4 is 10.5 Å². The van der Waals surface area contributed by atoms with Gasteiger partial charge in [-0.05, 0) is 12.1 Å². The lowest BCUT2D eigenvalue weighted by atomic mass is 10.2. The van der Waals surface area contributed by atoms with Crippen LogP contribution in [0.5, 0.6) is 11.6 Å². The fraction of sp³-hybridized carbons (Fsp3) is 0.154. The minimum Gasteiger partial charge on any atom is -0.437 e. The third-order valence-corrected chi connectivity index (χ3v) is 2.80. The minimum absolute atomic E-state index is 0.0967. The van der Waals surface area contributed by atoms with Gasteiger partial charge < -0.3 is 10.5 Å². The van der Waals surface area contributed by atoms with Gasteiger partial charge in [-0.1, -0.05) is 29.8 Å². The summed E-state index contributed by atoms with van der Waals surface area (Å²) in [5.41, 5.74) is 5.31. The molecule has 20 heavy (non-hydrogen) atoms. The second-order valence-corrected chi connectivity index (χ2v) is 4.33. The predicted octanol–water partition coefficient (Wildman–Crippen LogP) is 4.00. The van der Waals surface area contributed by atoms with Gasteiger partial charge in [-0.25, -0.2) is 4.98 Å². The van der Waals surface area contributed by atoms with Crippen LogP contribution in [0.25, 0.3) is 0 Å². The van der Waals surface area contributed by atoms with Crippen molar-refractivity contribution in [1.82, 2.24) is 4.98 Å². The summed E-state index contributed by atoms with van der Waals surface area (Å²) in [7, 11) is 0. The van der Waals surface area contributed by atoms with Crippen molar-refractivity contribution in [2.75, 3.05) is 0 Å². The van der Waals surface area contributed by atoms with Gasteiger partial charge in [0.1, 0.15) is 10.8 Å². The highest BCUT2D eigenvalue weighted by atomic mass is 35.5. The lowest BCUT2D eigenvalue weighted by Crippen LogP contribution is -2.06. The van der Waals surface area contributed by atoms with E-state index >= 15 is 0 Å². The van der Waals surface area contributed by atoms with Crippen LogP contribution in [-0.4, -0.2) is 4.98 Å². The molecule has 0 bridgehead atoms. The lowest BCUT2D eigenvalue weighted by molar-refractivity contribution is -0.137. The van der Waals surface area contributed by atoms with Crippen LogP contribution in [-0.2, 0) is 12.7 Å². The normalized spacial score (nSPS) is 11.4. The first-order valence-corrected chi connectivity index (χ1v) is 5.98. The molecule has 2 aromatic rings. The summed E-state index contributed by atoms with van der Waals surface area (Å²) in [6.45, 7) is 0.231. The van der Waals surface area contributed by atoms with Gasteiger partial charge in [-0.2, -0.15) is 13.2 Å². The standard InChI is InChI=1S/C13H10ClF3N2O/c14-10-5-9(13(15,16)17)7-19-12(10)20-11-4-2-1-3-8(11)6-18/h1-5,7H,6,18H2. The Bertz CT molecular complexity index is 617. The smallest absolute Gasteiger partial charge is 0.417 e. The van der Waals surface area contributed by atoms with E-state index in [2.05, 4.69) is 4.98 Å². The number of nitrogens with zero attached hydrogens (tertiary/aromatic N) is 1. The molecular formula is C13H10ClF3N2O. The molecule has 0 amide bonds. The Labute approximate surface area is 118 Å². The van der Waals surface area contributed by atoms with Crippen LogP contribution in [0, 0.1) is 0 Å². The molecule has 0 atom stereocenters. The molecule has 0 unspecified atom stereocenters. The Hall–Kier alpha value is -1.79. The average molecular weight is 303 g/mol. The average Bonchev–Trinajstić information content (AvgIpc) is 2.40. The monoisotopic (exact) mass is 302 g/mol. The Morgan fingerprint density at radius 3 is 2.55 bits per heavy atom. The van der Waals surface area contributed by atoms with Crippen molar-refractivity contribution in [3.05, 3.63) is 52.7 Å². The van der Waals surface area contributed by atoms with Crippen molar-refractivity contribution < 1.29 is 17.9 Å². The van der Waals surface area contributed by atoms with Gasteiger partial charge >= 0.3 is 6.18 Å². The van der Waals surface area contributed by atoms with E-state index < -0.39 is 11.7 Å². The van der Waals surface area contributed by atoms with Crippen LogP contribution in [0.15, 0.2) is 36.5 Å². The van der Waals surface area contributed by atoms with E-state index in [0.717, 1.165) is 6.07 Å². The van der Waals surface area contributed by atoms with Crippen LogP contribution in [0.2, 0.25) is 5.02 Å². The minimum atomic E-state index is -4.50. The first kappa shape index (κ1) is 14.6. The predicted molar refractivity (Wildman–Crippen MR) is 68.7 cm³/mol. The van der Waals surface area contributed by atoms with Gasteiger partial charge in [0.15, 0.2) is 0 Å². The summed E-state index contributed by atoms with van der Waals surface area (Å²) in [5.74, 6) is 0.310. The van der Waals surface area contributed by atoms with Gasteiger partial charge in [0.25, 0.3) is 0 Å². The van der Waals surface area contributed by atoms with Gasteiger partial charge in [0.05, 0.1) is 5.56 Å². The fourth-order valence-electron chi connectivity index (χ4n) is 1.53. The number of aromatic nitrogens is 1. The van der Waals surface area contributed by atoms with Gasteiger partial charge in [-0.3, -0.25) is 0 Å². The largest absolute Gasteiger partial charge is 0.437 e. The van der Waals surface area contributed by atoms with Gasteiger partial charge in [0, 0.05) is 18.3 Å². The number of benzene rings is 1. The molecule has 0 saturated heterocycles. The maximum atomic E-state index is 12.5. The zero-order valence-corrected chi connectivity index (χ0v) is 10.9. The van der Waals surface area contributed by atoms with Crippen LogP contribution in [0.4, 0.5) is 13.2 Å². The highest BCUT2D eigenvalue weighted by Crippen LogP contribution is 2.35. The molecular weight excluding hydrogens is 293 g/mol. The molecule has 0 aliphatic rings. The zero-order chi connectivity index (χ0) is 14.8. The number of hydrogen-bond acceptors (Lipinski definition) is 3. The molecule has 0 fully saturated rings. The summed E-state index contributed by atoms with van der Waals surface area (Å²) in [4.78, 5) is 3.60. The number of ether oxygens (including phenoxy) is 1. The molecule has 2 rings (SSSR count). The summed E-state index contributed by atoms with van der Waals surface area (Å²) in [5, 5.41) is -0.216. The molecule has 0 spiro atoms. The number of halogens is 4. The van der Waals surface area contributed by atoms with E-state index in [1.54, 1.807) is 24.3 Å². The first-order valence-electron chi connectivity index (χ1n) is 5.60. The van der Waals surface area contributed by atoms with Crippen LogP contribution in [0.3, 0.4) is 0 Å². The quantitative estimate of drug-likeness (QED) is 0.932. The first-order chi connectivity index (χ1) is 9.41. The molecule has 0 aliphatic heterocycles. The Morgan fingerprint density at radius 2 is 1.95 bits per heavy atom. The molecule has 1 aromatic carbocycles. The molecule has 2 N–H and O–H groups in total. The fourth-order valence-corrected chi connectivity index (χ4v) is 1.74. The number of rotatable bonds is 3. The van der Waals surface area contributed by atoms with Crippen molar-refractivity contribution in [3.8, 4) is 11.6 Å². The second kappa shape index (κ2) is 5.68. The number of nitrogens with two attached hydrogens (primary N) is 1. The van der Waals surface area contributed by atoms with Crippen LogP contribution >= 0.6 is 11.6 Å². The van der Waals surface area contributed by atoms with Crippen LogP contribution in [0.1, 0.15) is 11.1 Å². The molecule has 1 heterocycles. The van der Waals surface area contributed by atoms with Gasteiger partial charge in [0.2, 0.25) is 5.88 Å². The summed E-state index contributed by atoms with van der Waals surface area (Å²) >= 11 is 5.76. The van der Waals surface area contributed by atoms with Gasteiger partial charge in [-0.15, -0.1) is 0 Å². The third kappa shape index (κ3) is 3.20. The van der Waals surface area contributed by atoms with E-state index in [-0.39, 0.29) is 17.4 Å². The molecule has 0 saturated carbocycles. The molecule has 7 heteroatoms. The Morgan fingerprint density at radius 1 is 1.25 bits per heavy atom. The third-order valence-electron chi connectivity index (χ3n) is 2.53. The number of alkyl halides is 3. The summed E-state index contributed by atoms with van der Waals surface area (Å²) in [6.07, 6.45) is -3.82. The van der Waals surface area contributed by atoms with E-state index in [9.17, 15) is 13.2 Å². The SMILES string of the molecule is NCc1ccccc1Oc1ncc(C(F)(F)F)cc1Cl. The summed E-state index contributed by atoms with van der Waals surface area (Å²) in [6, 6.07) is 7.64. The summed E-state index contributed by atoms with van der Waals surface area (Å²) < 4.78 is 42.9. The van der Waals surface area contributed by atoms with Crippen molar-refractivity contribution in [2.24, 2.45) is 5.73 Å². The van der Waals surface area contributed by atoms with E-state index in [1.165, 1.54) is 0 Å². The van der Waals surface area contributed by atoms with Crippen molar-refractivity contribution in [2.45, 2.75) is 12.7 Å². The number of pyridine rings is 1. The number of para-hydroxylation sites is 1. The molecule has 1 aromatic heterocycles. The number of hydrogen-bond donors (Lipinski definition) is 1. The maximum absolute atomic E-state index is 12.5. The lowest BCUT2D eigenvalue weighted by Gasteiger charge is -2.12. The molecule has 106 valence electrons. The zero-order valence-electron chi connectivity index (χ0n) is 10.1. The topological polar surface area (TPSA) is 48.1 Å². The second-order valence-electron chi connectivity index (χ2n) is 3.92. The molecule has 0 radical (unpaired) electrons. The maximum Gasteiger partial charge on any atom is 0.417 e. The molecule has 0 aliphatic carbocycles. The Kier molecular flexibility index (Phi) is 4.15. The van der Waals surface area contributed by atoms with E-state index in [0.29, 0.717) is 17.5 Å². The van der Waals surface area contributed by atoms with Crippen molar-refractivity contribution >= 4 is 11.6 Å².